The fraction of sp³-hybridized carbons (Fsp3) is 0.357. The topological polar surface area (TPSA) is 52.0 Å². The van der Waals surface area contributed by atoms with Gasteiger partial charge in [0, 0.05) is 6.07 Å². The van der Waals surface area contributed by atoms with Crippen LogP contribution in [-0.2, 0) is 6.42 Å². The molecule has 2 rings (SSSR count). The van der Waals surface area contributed by atoms with E-state index in [9.17, 15) is 8.78 Å². The van der Waals surface area contributed by atoms with Gasteiger partial charge in [0.2, 0.25) is 5.88 Å². The second-order valence-corrected chi connectivity index (χ2v) is 5.76. The summed E-state index contributed by atoms with van der Waals surface area (Å²) in [6.07, 6.45) is 0.598. The molecule has 0 saturated carbocycles. The van der Waals surface area contributed by atoms with E-state index in [1.807, 2.05) is 20.8 Å². The Bertz CT molecular complexity index is 580. The summed E-state index contributed by atoms with van der Waals surface area (Å²) in [5, 5.41) is 3.89. The molecule has 1 aromatic heterocycles. The van der Waals surface area contributed by atoms with Crippen LogP contribution in [0.3, 0.4) is 0 Å². The van der Waals surface area contributed by atoms with Crippen LogP contribution in [0.5, 0.6) is 0 Å². The molecule has 0 saturated heterocycles. The summed E-state index contributed by atoms with van der Waals surface area (Å²) in [6, 6.07) is 3.26. The van der Waals surface area contributed by atoms with Gasteiger partial charge in [-0.05, 0) is 29.5 Å². The Labute approximate surface area is 110 Å². The Morgan fingerprint density at radius 1 is 1.16 bits per heavy atom. The fourth-order valence-corrected chi connectivity index (χ4v) is 1.97. The maximum atomic E-state index is 13.3. The highest BCUT2D eigenvalue weighted by molar-refractivity contribution is 5.75. The molecule has 2 N–H and O–H groups in total. The van der Waals surface area contributed by atoms with Gasteiger partial charge < -0.3 is 10.3 Å². The van der Waals surface area contributed by atoms with Gasteiger partial charge in [0.15, 0.2) is 0 Å². The first-order valence-electron chi connectivity index (χ1n) is 5.97. The third-order valence-corrected chi connectivity index (χ3v) is 2.64. The molecule has 2 aromatic rings. The molecule has 19 heavy (non-hydrogen) atoms. The Hall–Kier alpha value is -1.91. The van der Waals surface area contributed by atoms with Gasteiger partial charge in [0.1, 0.15) is 11.6 Å². The maximum absolute atomic E-state index is 13.3. The summed E-state index contributed by atoms with van der Waals surface area (Å²) in [5.74, 6) is -1.24. The first-order valence-corrected chi connectivity index (χ1v) is 5.97. The van der Waals surface area contributed by atoms with Gasteiger partial charge in [-0.1, -0.05) is 25.9 Å². The molecule has 3 nitrogen and oxygen atoms in total. The third-order valence-electron chi connectivity index (χ3n) is 2.64. The summed E-state index contributed by atoms with van der Waals surface area (Å²) in [7, 11) is 0. The average molecular weight is 266 g/mol. The number of halogens is 2. The van der Waals surface area contributed by atoms with Crippen LogP contribution in [0, 0.1) is 17.0 Å². The average Bonchev–Trinajstić information content (AvgIpc) is 2.55. The Balaban J connectivity index is 2.52. The van der Waals surface area contributed by atoms with Crippen molar-refractivity contribution in [1.82, 2.24) is 5.16 Å². The van der Waals surface area contributed by atoms with Crippen molar-refractivity contribution in [3.63, 3.8) is 0 Å². The van der Waals surface area contributed by atoms with E-state index in [1.54, 1.807) is 0 Å². The van der Waals surface area contributed by atoms with E-state index < -0.39 is 11.6 Å². The number of rotatable bonds is 2. The number of anilines is 1. The predicted octanol–water partition coefficient (Wildman–Crippen LogP) is 3.79. The number of hydrogen-bond acceptors (Lipinski definition) is 3. The monoisotopic (exact) mass is 266 g/mol. The Kier molecular flexibility index (Phi) is 3.30. The predicted molar refractivity (Wildman–Crippen MR) is 69.4 cm³/mol. The van der Waals surface area contributed by atoms with Crippen molar-refractivity contribution in [1.29, 1.82) is 0 Å². The molecule has 0 aliphatic rings. The maximum Gasteiger partial charge on any atom is 0.230 e. The highest BCUT2D eigenvalue weighted by atomic mass is 19.1. The molecule has 0 aliphatic heterocycles. The summed E-state index contributed by atoms with van der Waals surface area (Å²) in [5.41, 5.74) is 7.10. The van der Waals surface area contributed by atoms with Crippen LogP contribution in [-0.4, -0.2) is 5.16 Å². The summed E-state index contributed by atoms with van der Waals surface area (Å²) in [6.45, 7) is 6.11. The molecule has 1 heterocycles. The van der Waals surface area contributed by atoms with E-state index in [-0.39, 0.29) is 11.3 Å². The van der Waals surface area contributed by atoms with E-state index >= 15 is 0 Å². The minimum atomic E-state index is -0.655. The lowest BCUT2D eigenvalue weighted by Crippen LogP contribution is -2.10. The van der Waals surface area contributed by atoms with E-state index in [1.165, 1.54) is 12.1 Å². The van der Waals surface area contributed by atoms with Crippen LogP contribution >= 0.6 is 0 Å². The number of nitrogens with two attached hydrogens (primary N) is 1. The van der Waals surface area contributed by atoms with Crippen molar-refractivity contribution in [3.8, 4) is 11.1 Å². The molecule has 1 aromatic carbocycles. The van der Waals surface area contributed by atoms with Crippen molar-refractivity contribution < 1.29 is 13.3 Å². The van der Waals surface area contributed by atoms with Gasteiger partial charge in [-0.25, -0.2) is 8.78 Å². The summed E-state index contributed by atoms with van der Waals surface area (Å²) >= 11 is 0. The first-order chi connectivity index (χ1) is 8.76. The molecule has 0 unspecified atom stereocenters. The van der Waals surface area contributed by atoms with Crippen molar-refractivity contribution in [3.05, 3.63) is 35.5 Å². The number of nitrogens with zero attached hydrogens (tertiary/aromatic N) is 1. The lowest BCUT2D eigenvalue weighted by molar-refractivity contribution is 0.377. The Morgan fingerprint density at radius 3 is 2.26 bits per heavy atom. The van der Waals surface area contributed by atoms with Crippen LogP contribution in [0.25, 0.3) is 11.1 Å². The molecular weight excluding hydrogens is 250 g/mol. The number of nitrogen functional groups attached to an aromatic ring is 1. The molecular formula is C14H16F2N2O. The largest absolute Gasteiger partial charge is 0.367 e. The summed E-state index contributed by atoms with van der Waals surface area (Å²) < 4.78 is 31.5. The highest BCUT2D eigenvalue weighted by Crippen LogP contribution is 2.34. The van der Waals surface area contributed by atoms with Gasteiger partial charge in [0.05, 0.1) is 11.3 Å². The zero-order chi connectivity index (χ0) is 14.2. The lowest BCUT2D eigenvalue weighted by atomic mass is 9.88. The molecule has 0 amide bonds. The summed E-state index contributed by atoms with van der Waals surface area (Å²) in [4.78, 5) is 0. The van der Waals surface area contributed by atoms with Crippen molar-refractivity contribution in [2.24, 2.45) is 5.41 Å². The third kappa shape index (κ3) is 3.10. The van der Waals surface area contributed by atoms with E-state index in [2.05, 4.69) is 5.16 Å². The number of benzene rings is 1. The normalized spacial score (nSPS) is 11.8. The van der Waals surface area contributed by atoms with Gasteiger partial charge in [-0.15, -0.1) is 0 Å². The SMILES string of the molecule is CC(C)(C)Cc1noc(N)c1-c1cc(F)cc(F)c1. The zero-order valence-electron chi connectivity index (χ0n) is 11.1. The van der Waals surface area contributed by atoms with Gasteiger partial charge in [0.25, 0.3) is 0 Å². The van der Waals surface area contributed by atoms with E-state index in [0.29, 0.717) is 23.2 Å². The van der Waals surface area contributed by atoms with Gasteiger partial charge in [-0.3, -0.25) is 0 Å². The van der Waals surface area contributed by atoms with Crippen LogP contribution in [0.1, 0.15) is 26.5 Å². The minimum Gasteiger partial charge on any atom is -0.367 e. The smallest absolute Gasteiger partial charge is 0.230 e. The number of aromatic nitrogens is 1. The second kappa shape index (κ2) is 4.64. The first kappa shape index (κ1) is 13.5. The molecule has 0 bridgehead atoms. The van der Waals surface area contributed by atoms with E-state index in [0.717, 1.165) is 6.07 Å². The Morgan fingerprint density at radius 2 is 1.74 bits per heavy atom. The molecule has 0 atom stereocenters. The molecule has 102 valence electrons. The molecule has 0 aliphatic carbocycles. The lowest BCUT2D eigenvalue weighted by Gasteiger charge is -2.16. The van der Waals surface area contributed by atoms with Crippen LogP contribution < -0.4 is 5.73 Å². The molecule has 5 heteroatoms. The van der Waals surface area contributed by atoms with Crippen LogP contribution in [0.4, 0.5) is 14.7 Å². The van der Waals surface area contributed by atoms with Crippen molar-refractivity contribution in [2.75, 3.05) is 5.73 Å². The van der Waals surface area contributed by atoms with Gasteiger partial charge in [-0.2, -0.15) is 0 Å². The van der Waals surface area contributed by atoms with Crippen molar-refractivity contribution >= 4 is 5.88 Å². The highest BCUT2D eigenvalue weighted by Gasteiger charge is 2.22. The van der Waals surface area contributed by atoms with Crippen LogP contribution in [0.2, 0.25) is 0 Å². The zero-order valence-corrected chi connectivity index (χ0v) is 11.1. The second-order valence-electron chi connectivity index (χ2n) is 5.76. The molecule has 0 fully saturated rings. The molecule has 0 radical (unpaired) electrons. The van der Waals surface area contributed by atoms with Gasteiger partial charge >= 0.3 is 0 Å². The fourth-order valence-electron chi connectivity index (χ4n) is 1.97. The number of hydrogen-bond donors (Lipinski definition) is 1. The molecule has 0 spiro atoms. The van der Waals surface area contributed by atoms with E-state index in [4.69, 9.17) is 10.3 Å². The minimum absolute atomic E-state index is 0.0378. The van der Waals surface area contributed by atoms with Crippen molar-refractivity contribution in [2.45, 2.75) is 27.2 Å². The standard InChI is InChI=1S/C14H16F2N2O/c1-14(2,3)7-11-12(13(17)19-18-11)8-4-9(15)6-10(16)5-8/h4-6H,7,17H2,1-3H3. The van der Waals surface area contributed by atoms with Crippen LogP contribution in [0.15, 0.2) is 22.7 Å². The quantitative estimate of drug-likeness (QED) is 0.899.